The lowest BCUT2D eigenvalue weighted by molar-refractivity contribution is -0.123. The van der Waals surface area contributed by atoms with E-state index in [0.717, 1.165) is 0 Å². The zero-order chi connectivity index (χ0) is 12.7. The van der Waals surface area contributed by atoms with Gasteiger partial charge in [0, 0.05) is 25.2 Å². The minimum atomic E-state index is -0.0143. The molecule has 1 amide bonds. The zero-order valence-corrected chi connectivity index (χ0v) is 10.0. The van der Waals surface area contributed by atoms with Crippen molar-refractivity contribution in [1.29, 1.82) is 5.26 Å². The molecule has 90 valence electrons. The van der Waals surface area contributed by atoms with Gasteiger partial charge in [0.1, 0.15) is 11.9 Å². The predicted octanol–water partition coefficient (Wildman–Crippen LogP) is 1.14. The maximum Gasteiger partial charge on any atom is 0.222 e. The molecular weight excluding hydrogens is 216 g/mol. The van der Waals surface area contributed by atoms with E-state index in [0.29, 0.717) is 24.5 Å². The van der Waals surface area contributed by atoms with Crippen LogP contribution in [0.2, 0.25) is 0 Å². The second-order valence-electron chi connectivity index (χ2n) is 3.88. The van der Waals surface area contributed by atoms with Crippen molar-refractivity contribution in [1.82, 2.24) is 10.3 Å². The van der Waals surface area contributed by atoms with Gasteiger partial charge in [-0.05, 0) is 12.1 Å². The van der Waals surface area contributed by atoms with Crippen molar-refractivity contribution >= 4 is 11.7 Å². The SMILES string of the molecule is CC(C)C(=O)NCCNc1ncccc1C#N. The number of rotatable bonds is 5. The predicted molar refractivity (Wildman–Crippen MR) is 65.3 cm³/mol. The Kier molecular flexibility index (Phi) is 4.95. The maximum atomic E-state index is 11.3. The van der Waals surface area contributed by atoms with Crippen LogP contribution in [0.4, 0.5) is 5.82 Å². The molecule has 0 fully saturated rings. The minimum Gasteiger partial charge on any atom is -0.367 e. The molecule has 0 aliphatic rings. The van der Waals surface area contributed by atoms with Crippen molar-refractivity contribution in [3.63, 3.8) is 0 Å². The van der Waals surface area contributed by atoms with Crippen molar-refractivity contribution in [3.8, 4) is 6.07 Å². The van der Waals surface area contributed by atoms with Crippen LogP contribution in [-0.2, 0) is 4.79 Å². The fraction of sp³-hybridized carbons (Fsp3) is 0.417. The molecule has 0 unspecified atom stereocenters. The lowest BCUT2D eigenvalue weighted by Crippen LogP contribution is -2.32. The summed E-state index contributed by atoms with van der Waals surface area (Å²) in [6.45, 7) is 4.74. The first-order valence-corrected chi connectivity index (χ1v) is 5.52. The van der Waals surface area contributed by atoms with Crippen molar-refractivity contribution in [2.75, 3.05) is 18.4 Å². The van der Waals surface area contributed by atoms with E-state index in [-0.39, 0.29) is 11.8 Å². The smallest absolute Gasteiger partial charge is 0.222 e. The highest BCUT2D eigenvalue weighted by molar-refractivity contribution is 5.77. The number of carbonyl (C=O) groups excluding carboxylic acids is 1. The first kappa shape index (κ1) is 13.0. The van der Waals surface area contributed by atoms with Gasteiger partial charge in [-0.25, -0.2) is 4.98 Å². The number of hydrogen-bond acceptors (Lipinski definition) is 4. The number of anilines is 1. The van der Waals surface area contributed by atoms with Crippen LogP contribution in [0.3, 0.4) is 0 Å². The average Bonchev–Trinajstić information content (AvgIpc) is 2.34. The molecule has 0 saturated carbocycles. The molecule has 0 aliphatic heterocycles. The third kappa shape index (κ3) is 4.11. The highest BCUT2D eigenvalue weighted by Gasteiger charge is 2.05. The fourth-order valence-corrected chi connectivity index (χ4v) is 1.21. The number of nitrogens with zero attached hydrogens (tertiary/aromatic N) is 2. The fourth-order valence-electron chi connectivity index (χ4n) is 1.21. The van der Waals surface area contributed by atoms with E-state index in [4.69, 9.17) is 5.26 Å². The van der Waals surface area contributed by atoms with E-state index in [2.05, 4.69) is 21.7 Å². The van der Waals surface area contributed by atoms with Gasteiger partial charge in [0.15, 0.2) is 0 Å². The average molecular weight is 232 g/mol. The van der Waals surface area contributed by atoms with E-state index in [9.17, 15) is 4.79 Å². The van der Waals surface area contributed by atoms with Crippen molar-refractivity contribution in [3.05, 3.63) is 23.9 Å². The Hall–Kier alpha value is -2.09. The number of carbonyl (C=O) groups is 1. The summed E-state index contributed by atoms with van der Waals surface area (Å²) in [6, 6.07) is 5.46. The summed E-state index contributed by atoms with van der Waals surface area (Å²) in [5.41, 5.74) is 0.502. The molecule has 1 rings (SSSR count). The van der Waals surface area contributed by atoms with Crippen molar-refractivity contribution in [2.45, 2.75) is 13.8 Å². The quantitative estimate of drug-likeness (QED) is 0.746. The molecule has 1 aromatic heterocycles. The largest absolute Gasteiger partial charge is 0.367 e. The van der Waals surface area contributed by atoms with Crippen LogP contribution in [0.1, 0.15) is 19.4 Å². The number of nitrogens with one attached hydrogen (secondary N) is 2. The summed E-state index contributed by atoms with van der Waals surface area (Å²) in [4.78, 5) is 15.3. The molecule has 0 aliphatic carbocycles. The number of nitriles is 1. The first-order valence-electron chi connectivity index (χ1n) is 5.52. The van der Waals surface area contributed by atoms with Gasteiger partial charge in [0.2, 0.25) is 5.91 Å². The molecule has 0 bridgehead atoms. The van der Waals surface area contributed by atoms with E-state index in [1.54, 1.807) is 18.3 Å². The van der Waals surface area contributed by atoms with E-state index >= 15 is 0 Å². The molecule has 5 heteroatoms. The number of aromatic nitrogens is 1. The summed E-state index contributed by atoms with van der Waals surface area (Å²) >= 11 is 0. The van der Waals surface area contributed by atoms with Crippen LogP contribution in [0.5, 0.6) is 0 Å². The molecule has 2 N–H and O–H groups in total. The second-order valence-corrected chi connectivity index (χ2v) is 3.88. The third-order valence-corrected chi connectivity index (χ3v) is 2.17. The molecular formula is C12H16N4O. The second kappa shape index (κ2) is 6.48. The van der Waals surface area contributed by atoms with Gasteiger partial charge in [-0.3, -0.25) is 4.79 Å². The molecule has 0 atom stereocenters. The standard InChI is InChI=1S/C12H16N4O/c1-9(2)12(17)16-7-6-15-11-10(8-13)4-3-5-14-11/h3-5,9H,6-7H2,1-2H3,(H,14,15)(H,16,17). The highest BCUT2D eigenvalue weighted by atomic mass is 16.1. The highest BCUT2D eigenvalue weighted by Crippen LogP contribution is 2.08. The summed E-state index contributed by atoms with van der Waals surface area (Å²) in [7, 11) is 0. The van der Waals surface area contributed by atoms with E-state index in [1.165, 1.54) is 0 Å². The molecule has 0 spiro atoms. The van der Waals surface area contributed by atoms with Crippen LogP contribution in [0, 0.1) is 17.2 Å². The van der Waals surface area contributed by atoms with Crippen LogP contribution < -0.4 is 10.6 Å². The summed E-state index contributed by atoms with van der Waals surface area (Å²) in [6.07, 6.45) is 1.62. The van der Waals surface area contributed by atoms with Gasteiger partial charge in [-0.2, -0.15) is 5.26 Å². The molecule has 1 aromatic rings. The molecule has 0 radical (unpaired) electrons. The normalized spacial score (nSPS) is 9.76. The van der Waals surface area contributed by atoms with Gasteiger partial charge < -0.3 is 10.6 Å². The Morgan fingerprint density at radius 2 is 2.29 bits per heavy atom. The number of amides is 1. The Morgan fingerprint density at radius 3 is 2.94 bits per heavy atom. The summed E-state index contributed by atoms with van der Waals surface area (Å²) < 4.78 is 0. The van der Waals surface area contributed by atoms with E-state index in [1.807, 2.05) is 13.8 Å². The Balaban J connectivity index is 2.37. The van der Waals surface area contributed by atoms with Gasteiger partial charge in [0.05, 0.1) is 5.56 Å². The number of hydrogen-bond donors (Lipinski definition) is 2. The van der Waals surface area contributed by atoms with Gasteiger partial charge in [-0.15, -0.1) is 0 Å². The lowest BCUT2D eigenvalue weighted by Gasteiger charge is -2.09. The summed E-state index contributed by atoms with van der Waals surface area (Å²) in [5.74, 6) is 0.557. The number of pyridine rings is 1. The molecule has 5 nitrogen and oxygen atoms in total. The maximum absolute atomic E-state index is 11.3. The van der Waals surface area contributed by atoms with Crippen LogP contribution >= 0.6 is 0 Å². The molecule has 17 heavy (non-hydrogen) atoms. The minimum absolute atomic E-state index is 0.0143. The molecule has 0 saturated heterocycles. The monoisotopic (exact) mass is 232 g/mol. The van der Waals surface area contributed by atoms with Crippen LogP contribution in [-0.4, -0.2) is 24.0 Å². The Labute approximate surface area is 101 Å². The first-order chi connectivity index (χ1) is 8.15. The van der Waals surface area contributed by atoms with Gasteiger partial charge in [-0.1, -0.05) is 13.8 Å². The Bertz CT molecular complexity index is 423. The lowest BCUT2D eigenvalue weighted by atomic mass is 10.2. The molecule has 1 heterocycles. The van der Waals surface area contributed by atoms with Crippen molar-refractivity contribution in [2.24, 2.45) is 5.92 Å². The van der Waals surface area contributed by atoms with Gasteiger partial charge >= 0.3 is 0 Å². The Morgan fingerprint density at radius 1 is 1.53 bits per heavy atom. The van der Waals surface area contributed by atoms with Gasteiger partial charge in [0.25, 0.3) is 0 Å². The van der Waals surface area contributed by atoms with Crippen LogP contribution in [0.15, 0.2) is 18.3 Å². The summed E-state index contributed by atoms with van der Waals surface area (Å²) in [5, 5.41) is 14.6. The van der Waals surface area contributed by atoms with Crippen molar-refractivity contribution < 1.29 is 4.79 Å². The molecule has 0 aromatic carbocycles. The topological polar surface area (TPSA) is 77.8 Å². The van der Waals surface area contributed by atoms with Crippen LogP contribution in [0.25, 0.3) is 0 Å². The zero-order valence-electron chi connectivity index (χ0n) is 10.0. The third-order valence-electron chi connectivity index (χ3n) is 2.17. The van der Waals surface area contributed by atoms with E-state index < -0.39 is 0 Å².